The van der Waals surface area contributed by atoms with E-state index in [1.165, 1.54) is 12.0 Å². The smallest absolute Gasteiger partial charge is 0.255 e. The highest BCUT2D eigenvalue weighted by molar-refractivity contribution is 9.10. The number of carbonyl (C=O) groups is 1. The van der Waals surface area contributed by atoms with Crippen LogP contribution in [0.5, 0.6) is 0 Å². The average Bonchev–Trinajstić information content (AvgIpc) is 2.55. The summed E-state index contributed by atoms with van der Waals surface area (Å²) in [7, 11) is 2.02. The zero-order chi connectivity index (χ0) is 15.5. The van der Waals surface area contributed by atoms with Crippen molar-refractivity contribution in [2.75, 3.05) is 6.54 Å². The van der Waals surface area contributed by atoms with Crippen molar-refractivity contribution in [3.8, 4) is 0 Å². The van der Waals surface area contributed by atoms with E-state index in [0.29, 0.717) is 0 Å². The molecule has 1 atom stereocenters. The van der Waals surface area contributed by atoms with Gasteiger partial charge in [0.2, 0.25) is 0 Å². The third-order valence-electron chi connectivity index (χ3n) is 4.22. The van der Waals surface area contributed by atoms with E-state index in [2.05, 4.69) is 28.2 Å². The van der Waals surface area contributed by atoms with E-state index in [4.69, 9.17) is 0 Å². The van der Waals surface area contributed by atoms with Gasteiger partial charge in [0.1, 0.15) is 7.05 Å². The molecular formula is C18H20BrN2O+. The summed E-state index contributed by atoms with van der Waals surface area (Å²) >= 11 is 3.50. The molecule has 3 rings (SSSR count). The Kier molecular flexibility index (Phi) is 4.57. The van der Waals surface area contributed by atoms with Crippen LogP contribution >= 0.6 is 15.9 Å². The van der Waals surface area contributed by atoms with Crippen LogP contribution in [0.4, 0.5) is 0 Å². The molecule has 1 aliphatic heterocycles. The predicted molar refractivity (Wildman–Crippen MR) is 89.4 cm³/mol. The molecule has 4 heteroatoms. The van der Waals surface area contributed by atoms with Crippen LogP contribution in [-0.2, 0) is 7.05 Å². The zero-order valence-corrected chi connectivity index (χ0v) is 14.3. The van der Waals surface area contributed by atoms with Gasteiger partial charge >= 0.3 is 0 Å². The first kappa shape index (κ1) is 15.2. The Morgan fingerprint density at radius 2 is 2.05 bits per heavy atom. The molecule has 0 N–H and O–H groups in total. The van der Waals surface area contributed by atoms with Crippen molar-refractivity contribution in [1.82, 2.24) is 4.90 Å². The van der Waals surface area contributed by atoms with Gasteiger partial charge < -0.3 is 4.90 Å². The third kappa shape index (κ3) is 3.07. The number of aryl methyl sites for hydroxylation is 1. The van der Waals surface area contributed by atoms with E-state index in [1.54, 1.807) is 0 Å². The molecule has 0 saturated carbocycles. The van der Waals surface area contributed by atoms with Gasteiger partial charge in [-0.05, 0) is 53.4 Å². The van der Waals surface area contributed by atoms with Crippen molar-refractivity contribution >= 4 is 21.8 Å². The number of pyridine rings is 1. The number of nitrogens with zero attached hydrogens (tertiary/aromatic N) is 2. The van der Waals surface area contributed by atoms with Gasteiger partial charge in [0.25, 0.3) is 5.91 Å². The molecule has 22 heavy (non-hydrogen) atoms. The normalized spacial score (nSPS) is 18.3. The second-order valence-electron chi connectivity index (χ2n) is 5.79. The van der Waals surface area contributed by atoms with Crippen LogP contribution in [0.3, 0.4) is 0 Å². The van der Waals surface area contributed by atoms with Crippen molar-refractivity contribution in [1.29, 1.82) is 0 Å². The van der Waals surface area contributed by atoms with Crippen molar-refractivity contribution in [2.45, 2.75) is 25.3 Å². The van der Waals surface area contributed by atoms with Crippen molar-refractivity contribution < 1.29 is 9.36 Å². The summed E-state index contributed by atoms with van der Waals surface area (Å²) in [6.07, 6.45) is 7.41. The van der Waals surface area contributed by atoms with Gasteiger partial charge in [-0.2, -0.15) is 0 Å². The summed E-state index contributed by atoms with van der Waals surface area (Å²) in [4.78, 5) is 15.0. The molecule has 0 unspecified atom stereocenters. The maximum Gasteiger partial charge on any atom is 0.255 e. The van der Waals surface area contributed by atoms with Gasteiger partial charge in [-0.3, -0.25) is 4.79 Å². The fourth-order valence-electron chi connectivity index (χ4n) is 3.12. The second-order valence-corrected chi connectivity index (χ2v) is 6.65. The Balaban J connectivity index is 1.93. The Hall–Kier alpha value is -1.68. The molecule has 0 aliphatic carbocycles. The lowest BCUT2D eigenvalue weighted by Gasteiger charge is -2.35. The summed E-state index contributed by atoms with van der Waals surface area (Å²) < 4.78 is 2.91. The van der Waals surface area contributed by atoms with Crippen molar-refractivity contribution in [3.05, 3.63) is 64.4 Å². The topological polar surface area (TPSA) is 24.2 Å². The highest BCUT2D eigenvalue weighted by atomic mass is 79.9. The molecular weight excluding hydrogens is 340 g/mol. The maximum absolute atomic E-state index is 13.0. The molecule has 0 radical (unpaired) electrons. The number of benzene rings is 1. The monoisotopic (exact) mass is 359 g/mol. The van der Waals surface area contributed by atoms with Crippen LogP contribution in [0, 0.1) is 0 Å². The lowest BCUT2D eigenvalue weighted by Crippen LogP contribution is -2.40. The molecule has 0 spiro atoms. The van der Waals surface area contributed by atoms with Crippen LogP contribution in [0.1, 0.15) is 41.2 Å². The first-order valence-corrected chi connectivity index (χ1v) is 8.47. The van der Waals surface area contributed by atoms with Gasteiger partial charge in [0, 0.05) is 22.6 Å². The average molecular weight is 360 g/mol. The number of aromatic nitrogens is 1. The number of hydrogen-bond acceptors (Lipinski definition) is 1. The fraction of sp³-hybridized carbons (Fsp3) is 0.333. The van der Waals surface area contributed by atoms with Crippen molar-refractivity contribution in [2.24, 2.45) is 7.05 Å². The van der Waals surface area contributed by atoms with Crippen LogP contribution < -0.4 is 4.57 Å². The van der Waals surface area contributed by atoms with Gasteiger partial charge in [-0.25, -0.2) is 4.57 Å². The van der Waals surface area contributed by atoms with Crippen LogP contribution in [-0.4, -0.2) is 17.4 Å². The van der Waals surface area contributed by atoms with Gasteiger partial charge in [0.05, 0.1) is 11.6 Å². The number of piperidine rings is 1. The molecule has 1 saturated heterocycles. The minimum Gasteiger partial charge on any atom is -0.331 e. The highest BCUT2D eigenvalue weighted by Gasteiger charge is 2.30. The van der Waals surface area contributed by atoms with E-state index in [-0.39, 0.29) is 11.9 Å². The number of rotatable bonds is 2. The summed E-state index contributed by atoms with van der Waals surface area (Å²) in [5.74, 6) is 0.115. The Labute approximate surface area is 139 Å². The minimum atomic E-state index is 0.115. The van der Waals surface area contributed by atoms with Crippen LogP contribution in [0.15, 0.2) is 53.3 Å². The number of carbonyl (C=O) groups excluding carboxylic acids is 1. The standard InChI is InChI=1S/C18H20BrN2O/c1-20-11-6-7-14(13-20)17-10-4-5-12-21(17)18(22)15-8-2-3-9-16(15)19/h2-3,6-9,11,13,17H,4-5,10,12H2,1H3/q+1/t17-/m0/s1. The molecule has 1 amide bonds. The molecule has 2 aromatic rings. The van der Waals surface area contributed by atoms with Crippen molar-refractivity contribution in [3.63, 3.8) is 0 Å². The molecule has 3 nitrogen and oxygen atoms in total. The fourth-order valence-corrected chi connectivity index (χ4v) is 3.57. The third-order valence-corrected chi connectivity index (χ3v) is 4.91. The van der Waals surface area contributed by atoms with Crippen LogP contribution in [0.2, 0.25) is 0 Å². The Morgan fingerprint density at radius 1 is 1.23 bits per heavy atom. The predicted octanol–water partition coefficient (Wildman–Crippen LogP) is 3.64. The minimum absolute atomic E-state index is 0.115. The molecule has 1 aromatic heterocycles. The number of likely N-dealkylation sites (tertiary alicyclic amines) is 1. The first-order chi connectivity index (χ1) is 10.7. The van der Waals surface area contributed by atoms with E-state index >= 15 is 0 Å². The summed E-state index contributed by atoms with van der Waals surface area (Å²) in [6.45, 7) is 0.823. The van der Waals surface area contributed by atoms with Gasteiger partial charge in [-0.15, -0.1) is 0 Å². The lowest BCUT2D eigenvalue weighted by atomic mass is 9.95. The Bertz CT molecular complexity index is 686. The summed E-state index contributed by atoms with van der Waals surface area (Å²) in [5.41, 5.74) is 1.96. The van der Waals surface area contributed by atoms with E-state index in [9.17, 15) is 4.79 Å². The number of halogens is 1. The second kappa shape index (κ2) is 6.61. The van der Waals surface area contributed by atoms with Gasteiger partial charge in [0.15, 0.2) is 12.4 Å². The van der Waals surface area contributed by atoms with E-state index in [0.717, 1.165) is 29.4 Å². The highest BCUT2D eigenvalue weighted by Crippen LogP contribution is 2.32. The molecule has 1 aliphatic rings. The van der Waals surface area contributed by atoms with Gasteiger partial charge in [-0.1, -0.05) is 12.1 Å². The first-order valence-electron chi connectivity index (χ1n) is 7.67. The number of hydrogen-bond donors (Lipinski definition) is 0. The summed E-state index contributed by atoms with van der Waals surface area (Å²) in [6, 6.07) is 12.0. The maximum atomic E-state index is 13.0. The van der Waals surface area contributed by atoms with E-state index < -0.39 is 0 Å². The molecule has 0 bridgehead atoms. The molecule has 114 valence electrons. The zero-order valence-electron chi connectivity index (χ0n) is 12.7. The van der Waals surface area contributed by atoms with Crippen LogP contribution in [0.25, 0.3) is 0 Å². The molecule has 1 fully saturated rings. The lowest BCUT2D eigenvalue weighted by molar-refractivity contribution is -0.672. The largest absolute Gasteiger partial charge is 0.331 e. The summed E-state index contributed by atoms with van der Waals surface area (Å²) in [5, 5.41) is 0. The van der Waals surface area contributed by atoms with E-state index in [1.807, 2.05) is 53.0 Å². The Morgan fingerprint density at radius 3 is 2.82 bits per heavy atom. The molecule has 2 heterocycles. The molecule has 1 aromatic carbocycles. The number of amides is 1. The quantitative estimate of drug-likeness (QED) is 0.751. The SMILES string of the molecule is C[n+]1cccc([C@@H]2CCCCN2C(=O)c2ccccc2Br)c1.